The molecule has 0 saturated carbocycles. The van der Waals surface area contributed by atoms with Crippen molar-refractivity contribution in [3.8, 4) is 0 Å². The first-order chi connectivity index (χ1) is 32.5. The van der Waals surface area contributed by atoms with Crippen molar-refractivity contribution in [3.05, 3.63) is 170 Å². The average Bonchev–Trinajstić information content (AvgIpc) is 3.31. The van der Waals surface area contributed by atoms with Crippen molar-refractivity contribution in [2.24, 2.45) is 0 Å². The number of hydrogen-bond acceptors (Lipinski definition) is 6. The van der Waals surface area contributed by atoms with E-state index in [1.54, 1.807) is 0 Å². The maximum Gasteiger partial charge on any atom is 0.306 e. The molecule has 0 heterocycles. The van der Waals surface area contributed by atoms with E-state index in [9.17, 15) is 14.4 Å². The highest BCUT2D eigenvalue weighted by atomic mass is 16.6. The third kappa shape index (κ3) is 49.8. The van der Waals surface area contributed by atoms with Gasteiger partial charge in [0.05, 0.1) is 0 Å². The Kier molecular flexibility index (Phi) is 48.2. The summed E-state index contributed by atoms with van der Waals surface area (Å²) < 4.78 is 16.7. The second-order valence-electron chi connectivity index (χ2n) is 15.9. The first-order valence-corrected chi connectivity index (χ1v) is 25.3. The number of ether oxygens (including phenoxy) is 3. The van der Waals surface area contributed by atoms with E-state index < -0.39 is 6.10 Å². The van der Waals surface area contributed by atoms with Crippen LogP contribution < -0.4 is 0 Å². The molecule has 0 radical (unpaired) electrons. The third-order valence-corrected chi connectivity index (χ3v) is 9.77. The molecule has 1 atom stereocenters. The molecule has 0 aromatic carbocycles. The van der Waals surface area contributed by atoms with Crippen LogP contribution in [0.25, 0.3) is 0 Å². The largest absolute Gasteiger partial charge is 0.462 e. The Bertz CT molecular complexity index is 1600. The van der Waals surface area contributed by atoms with Gasteiger partial charge in [0.2, 0.25) is 0 Å². The molecule has 0 amide bonds. The van der Waals surface area contributed by atoms with E-state index in [4.69, 9.17) is 14.2 Å². The Morgan fingerprint density at radius 2 is 0.591 bits per heavy atom. The lowest BCUT2D eigenvalue weighted by Crippen LogP contribution is -2.30. The number of esters is 3. The molecule has 0 aromatic heterocycles. The zero-order chi connectivity index (χ0) is 47.9. The molecule has 1 unspecified atom stereocenters. The van der Waals surface area contributed by atoms with Gasteiger partial charge < -0.3 is 14.2 Å². The minimum atomic E-state index is -0.830. The molecule has 0 aliphatic carbocycles. The number of rotatable bonds is 42. The smallest absolute Gasteiger partial charge is 0.306 e. The van der Waals surface area contributed by atoms with Gasteiger partial charge in [-0.15, -0.1) is 0 Å². The first kappa shape index (κ1) is 60.8. The summed E-state index contributed by atoms with van der Waals surface area (Å²) >= 11 is 0. The number of allylic oxidation sites excluding steroid dienone is 28. The fourth-order valence-corrected chi connectivity index (χ4v) is 6.03. The Morgan fingerprint density at radius 1 is 0.318 bits per heavy atom. The van der Waals surface area contributed by atoms with Crippen molar-refractivity contribution in [2.75, 3.05) is 13.2 Å². The van der Waals surface area contributed by atoms with Crippen LogP contribution in [-0.2, 0) is 28.6 Å². The Hall–Kier alpha value is -5.23. The molecule has 0 N–H and O–H groups in total. The van der Waals surface area contributed by atoms with Crippen LogP contribution in [0.15, 0.2) is 170 Å². The fraction of sp³-hybridized carbons (Fsp3) is 0.483. The van der Waals surface area contributed by atoms with Crippen LogP contribution in [0.3, 0.4) is 0 Å². The van der Waals surface area contributed by atoms with E-state index >= 15 is 0 Å². The second-order valence-corrected chi connectivity index (χ2v) is 15.9. The first-order valence-electron chi connectivity index (χ1n) is 25.3. The molecule has 0 aliphatic rings. The number of carbonyl (C=O) groups excluding carboxylic acids is 3. The molecule has 0 aliphatic heterocycles. The highest BCUT2D eigenvalue weighted by molar-refractivity contribution is 5.71. The van der Waals surface area contributed by atoms with Crippen LogP contribution in [0, 0.1) is 0 Å². The standard InChI is InChI=1S/C60H88O6/c1-4-7-10-13-16-19-22-25-27-29-31-32-35-38-41-44-47-50-53-59(62)65-56-57(55-64-58(61)52-49-46-43-40-37-34-24-21-18-15-12-9-6-3)66-60(63)54-51-48-45-42-39-36-33-30-28-26-23-20-17-14-11-8-5-2/h8-33,36,39,57H,4-7,34-35,37-38,40-56H2,1-3H3/b11-8-,12-9-,13-10-,17-14-,18-15-,19-16-,23-20-,24-21-,25-22-,28-26-,29-27-,32-31-,33-30+,39-36-. The highest BCUT2D eigenvalue weighted by Gasteiger charge is 2.19. The molecule has 6 heteroatoms. The predicted octanol–water partition coefficient (Wildman–Crippen LogP) is 16.8. The minimum Gasteiger partial charge on any atom is -0.462 e. The number of hydrogen-bond donors (Lipinski definition) is 0. The molecule has 0 fully saturated rings. The molecule has 66 heavy (non-hydrogen) atoms. The molecule has 6 nitrogen and oxygen atoms in total. The van der Waals surface area contributed by atoms with Crippen LogP contribution in [0.1, 0.15) is 168 Å². The zero-order valence-corrected chi connectivity index (χ0v) is 41.4. The highest BCUT2D eigenvalue weighted by Crippen LogP contribution is 2.12. The predicted molar refractivity (Wildman–Crippen MR) is 283 cm³/mol. The van der Waals surface area contributed by atoms with Crippen LogP contribution in [-0.4, -0.2) is 37.2 Å². The van der Waals surface area contributed by atoms with Gasteiger partial charge in [-0.25, -0.2) is 0 Å². The van der Waals surface area contributed by atoms with Crippen molar-refractivity contribution in [1.29, 1.82) is 0 Å². The molecule has 364 valence electrons. The molecule has 0 rings (SSSR count). The summed E-state index contributed by atoms with van der Waals surface area (Å²) in [6.45, 7) is 6.16. The molecule has 0 saturated heterocycles. The van der Waals surface area contributed by atoms with E-state index in [-0.39, 0.29) is 37.5 Å². The fourth-order valence-electron chi connectivity index (χ4n) is 6.03. The summed E-state index contributed by atoms with van der Waals surface area (Å²) in [6.07, 6.45) is 77.5. The van der Waals surface area contributed by atoms with Crippen molar-refractivity contribution in [2.45, 2.75) is 175 Å². The summed E-state index contributed by atoms with van der Waals surface area (Å²) in [5.41, 5.74) is 0. The lowest BCUT2D eigenvalue weighted by Gasteiger charge is -2.18. The summed E-state index contributed by atoms with van der Waals surface area (Å²) in [5, 5.41) is 0. The van der Waals surface area contributed by atoms with Gasteiger partial charge >= 0.3 is 17.9 Å². The van der Waals surface area contributed by atoms with Crippen LogP contribution in [0.4, 0.5) is 0 Å². The van der Waals surface area contributed by atoms with Crippen LogP contribution in [0.5, 0.6) is 0 Å². The van der Waals surface area contributed by atoms with Gasteiger partial charge in [-0.3, -0.25) is 14.4 Å². The van der Waals surface area contributed by atoms with E-state index in [1.165, 1.54) is 6.42 Å². The van der Waals surface area contributed by atoms with E-state index in [1.807, 2.05) is 103 Å². The number of unbranched alkanes of at least 4 members (excludes halogenated alkanes) is 14. The minimum absolute atomic E-state index is 0.125. The maximum atomic E-state index is 12.8. The van der Waals surface area contributed by atoms with Gasteiger partial charge in [0, 0.05) is 19.3 Å². The lowest BCUT2D eigenvalue weighted by molar-refractivity contribution is -0.167. The summed E-state index contributed by atoms with van der Waals surface area (Å²) in [6, 6.07) is 0. The summed E-state index contributed by atoms with van der Waals surface area (Å²) in [4.78, 5) is 38.0. The van der Waals surface area contributed by atoms with Crippen LogP contribution in [0.2, 0.25) is 0 Å². The molecule has 0 aromatic rings. The monoisotopic (exact) mass is 905 g/mol. The molecular weight excluding hydrogens is 817 g/mol. The van der Waals surface area contributed by atoms with Crippen molar-refractivity contribution in [3.63, 3.8) is 0 Å². The topological polar surface area (TPSA) is 78.9 Å². The Labute approximate surface area is 402 Å². The van der Waals surface area contributed by atoms with Crippen molar-refractivity contribution < 1.29 is 28.6 Å². The van der Waals surface area contributed by atoms with Gasteiger partial charge in [-0.2, -0.15) is 0 Å². The second kappa shape index (κ2) is 52.4. The number of carbonyl (C=O) groups is 3. The van der Waals surface area contributed by atoms with Crippen LogP contribution >= 0.6 is 0 Å². The Morgan fingerprint density at radius 3 is 0.939 bits per heavy atom. The molecular formula is C60H88O6. The zero-order valence-electron chi connectivity index (χ0n) is 41.4. The Balaban J connectivity index is 4.62. The maximum absolute atomic E-state index is 12.8. The normalized spacial score (nSPS) is 13.6. The quantitative estimate of drug-likeness (QED) is 0.0263. The SMILES string of the molecule is CC\C=C/C=C\C=C/C=C\C=C\C=C/CCCCCC(=O)OC(COC(=O)CCCCCCC\C=C/C=C\C=C/C=C\C=C/CCC)COC(=O)CCCCCCC\C=C/C=C\C=C/CC. The van der Waals surface area contributed by atoms with Gasteiger partial charge in [-0.1, -0.05) is 242 Å². The van der Waals surface area contributed by atoms with Crippen molar-refractivity contribution >= 4 is 17.9 Å². The van der Waals surface area contributed by atoms with Gasteiger partial charge in [0.25, 0.3) is 0 Å². The summed E-state index contributed by atoms with van der Waals surface area (Å²) in [7, 11) is 0. The average molecular weight is 905 g/mol. The van der Waals surface area contributed by atoms with E-state index in [2.05, 4.69) is 87.6 Å². The van der Waals surface area contributed by atoms with Gasteiger partial charge in [0.15, 0.2) is 6.10 Å². The molecule has 0 bridgehead atoms. The van der Waals surface area contributed by atoms with Crippen molar-refractivity contribution in [1.82, 2.24) is 0 Å². The lowest BCUT2D eigenvalue weighted by atomic mass is 10.1. The van der Waals surface area contributed by atoms with Gasteiger partial charge in [-0.05, 0) is 77.0 Å². The third-order valence-electron chi connectivity index (χ3n) is 9.77. The molecule has 0 spiro atoms. The van der Waals surface area contributed by atoms with E-state index in [0.29, 0.717) is 19.3 Å². The van der Waals surface area contributed by atoms with Gasteiger partial charge in [0.1, 0.15) is 13.2 Å². The van der Waals surface area contributed by atoms with E-state index in [0.717, 1.165) is 116 Å². The summed E-state index contributed by atoms with van der Waals surface area (Å²) in [5.74, 6) is -1.03.